The Kier molecular flexibility index (Phi) is 3.25. The predicted octanol–water partition coefficient (Wildman–Crippen LogP) is 3.15. The zero-order valence-corrected chi connectivity index (χ0v) is 11.7. The molecule has 0 aliphatic rings. The molecule has 0 unspecified atom stereocenters. The van der Waals surface area contributed by atoms with E-state index in [0.29, 0.717) is 17.8 Å². The molecule has 0 radical (unpaired) electrons. The highest BCUT2D eigenvalue weighted by Gasteiger charge is 2.05. The van der Waals surface area contributed by atoms with Gasteiger partial charge in [-0.2, -0.15) is 5.26 Å². The second-order valence-corrected chi connectivity index (χ2v) is 4.94. The average molecular weight is 277 g/mol. The highest BCUT2D eigenvalue weighted by Crippen LogP contribution is 2.22. The van der Waals surface area contributed by atoms with Crippen LogP contribution in [0.4, 0.5) is 5.69 Å². The third-order valence-electron chi connectivity index (χ3n) is 3.48. The Bertz CT molecular complexity index is 843. The Morgan fingerprint density at radius 3 is 2.81 bits per heavy atom. The minimum absolute atomic E-state index is 0.672. The molecule has 3 aromatic rings. The van der Waals surface area contributed by atoms with Crippen LogP contribution in [0.5, 0.6) is 5.75 Å². The van der Waals surface area contributed by atoms with Crippen molar-refractivity contribution < 1.29 is 4.74 Å². The Balaban J connectivity index is 1.99. The molecular weight excluding hydrogens is 262 g/mol. The lowest BCUT2D eigenvalue weighted by Gasteiger charge is -2.09. The molecule has 21 heavy (non-hydrogen) atoms. The molecule has 1 aromatic heterocycles. The van der Waals surface area contributed by atoms with Crippen molar-refractivity contribution in [2.75, 3.05) is 12.8 Å². The lowest BCUT2D eigenvalue weighted by Crippen LogP contribution is -2.00. The third kappa shape index (κ3) is 2.54. The first kappa shape index (κ1) is 13.1. The van der Waals surface area contributed by atoms with Gasteiger partial charge in [0.1, 0.15) is 5.75 Å². The number of nitrogen functional groups attached to an aromatic ring is 1. The molecule has 0 amide bonds. The summed E-state index contributed by atoms with van der Waals surface area (Å²) in [5, 5.41) is 10.0. The van der Waals surface area contributed by atoms with Gasteiger partial charge >= 0.3 is 0 Å². The monoisotopic (exact) mass is 277 g/mol. The summed E-state index contributed by atoms with van der Waals surface area (Å²) in [5.41, 5.74) is 9.42. The second kappa shape index (κ2) is 5.22. The van der Waals surface area contributed by atoms with Crippen molar-refractivity contribution >= 4 is 16.6 Å². The van der Waals surface area contributed by atoms with Crippen molar-refractivity contribution in [3.8, 4) is 11.8 Å². The largest absolute Gasteiger partial charge is 0.497 e. The zero-order valence-electron chi connectivity index (χ0n) is 11.7. The normalized spacial score (nSPS) is 10.5. The molecular formula is C17H15N3O. The molecule has 0 saturated heterocycles. The molecule has 3 rings (SSSR count). The van der Waals surface area contributed by atoms with E-state index in [9.17, 15) is 0 Å². The smallest absolute Gasteiger partial charge is 0.121 e. The first-order valence-corrected chi connectivity index (χ1v) is 6.62. The van der Waals surface area contributed by atoms with Crippen molar-refractivity contribution in [3.05, 3.63) is 59.8 Å². The van der Waals surface area contributed by atoms with E-state index in [0.717, 1.165) is 22.2 Å². The number of rotatable bonds is 3. The van der Waals surface area contributed by atoms with Gasteiger partial charge in [0.15, 0.2) is 0 Å². The fourth-order valence-corrected chi connectivity index (χ4v) is 2.50. The second-order valence-electron chi connectivity index (χ2n) is 4.94. The van der Waals surface area contributed by atoms with Gasteiger partial charge in [0, 0.05) is 35.4 Å². The van der Waals surface area contributed by atoms with E-state index in [1.807, 2.05) is 42.6 Å². The van der Waals surface area contributed by atoms with Crippen LogP contribution in [0.25, 0.3) is 10.9 Å². The summed E-state index contributed by atoms with van der Waals surface area (Å²) in [6.45, 7) is 0.705. The van der Waals surface area contributed by atoms with Gasteiger partial charge in [-0.05, 0) is 42.0 Å². The number of hydrogen-bond donors (Lipinski definition) is 1. The van der Waals surface area contributed by atoms with Crippen molar-refractivity contribution in [1.29, 1.82) is 5.26 Å². The topological polar surface area (TPSA) is 64.0 Å². The number of anilines is 1. The van der Waals surface area contributed by atoms with Gasteiger partial charge < -0.3 is 15.0 Å². The van der Waals surface area contributed by atoms with Gasteiger partial charge in [0.05, 0.1) is 18.7 Å². The lowest BCUT2D eigenvalue weighted by atomic mass is 10.1. The number of benzene rings is 2. The van der Waals surface area contributed by atoms with E-state index in [1.54, 1.807) is 13.2 Å². The molecule has 0 aliphatic heterocycles. The molecule has 0 saturated carbocycles. The number of nitriles is 1. The fraction of sp³-hybridized carbons (Fsp3) is 0.118. The summed E-state index contributed by atoms with van der Waals surface area (Å²) in [5.74, 6) is 0.758. The van der Waals surface area contributed by atoms with Crippen LogP contribution in [-0.2, 0) is 6.54 Å². The number of hydrogen-bond acceptors (Lipinski definition) is 3. The molecule has 4 heteroatoms. The molecule has 0 fully saturated rings. The Morgan fingerprint density at radius 2 is 2.05 bits per heavy atom. The Morgan fingerprint density at radius 1 is 1.19 bits per heavy atom. The standard InChI is InChI=1S/C17H15N3O/c1-21-16-8-13(7-15(19)9-16)11-20-5-4-14-6-12(10-18)2-3-17(14)20/h2-9H,11,19H2,1H3. The Hall–Kier alpha value is -2.93. The average Bonchev–Trinajstić information content (AvgIpc) is 2.88. The maximum Gasteiger partial charge on any atom is 0.121 e. The van der Waals surface area contributed by atoms with E-state index < -0.39 is 0 Å². The first-order chi connectivity index (χ1) is 10.2. The van der Waals surface area contributed by atoms with Gasteiger partial charge in [-0.3, -0.25) is 0 Å². The number of ether oxygens (including phenoxy) is 1. The van der Waals surface area contributed by atoms with Crippen molar-refractivity contribution in [2.45, 2.75) is 6.54 Å². The highest BCUT2D eigenvalue weighted by molar-refractivity contribution is 5.81. The number of nitrogens with two attached hydrogens (primary N) is 1. The van der Waals surface area contributed by atoms with Crippen LogP contribution in [0, 0.1) is 11.3 Å². The van der Waals surface area contributed by atoms with Gasteiger partial charge in [0.25, 0.3) is 0 Å². The minimum atomic E-state index is 0.672. The van der Waals surface area contributed by atoms with E-state index in [4.69, 9.17) is 15.7 Å². The number of nitrogens with zero attached hydrogens (tertiary/aromatic N) is 2. The molecule has 0 aliphatic carbocycles. The predicted molar refractivity (Wildman–Crippen MR) is 83.2 cm³/mol. The number of aromatic nitrogens is 1. The maximum absolute atomic E-state index is 8.94. The molecule has 2 N–H and O–H groups in total. The summed E-state index contributed by atoms with van der Waals surface area (Å²) in [4.78, 5) is 0. The molecule has 2 aromatic carbocycles. The molecule has 0 spiro atoms. The van der Waals surface area contributed by atoms with Gasteiger partial charge in [-0.15, -0.1) is 0 Å². The Labute approximate surface area is 123 Å². The van der Waals surface area contributed by atoms with Crippen LogP contribution in [-0.4, -0.2) is 11.7 Å². The summed E-state index contributed by atoms with van der Waals surface area (Å²) < 4.78 is 7.38. The first-order valence-electron chi connectivity index (χ1n) is 6.62. The van der Waals surface area contributed by atoms with Crippen molar-refractivity contribution in [2.24, 2.45) is 0 Å². The van der Waals surface area contributed by atoms with Crippen LogP contribution in [0.1, 0.15) is 11.1 Å². The quantitative estimate of drug-likeness (QED) is 0.748. The molecule has 4 nitrogen and oxygen atoms in total. The maximum atomic E-state index is 8.94. The van der Waals surface area contributed by atoms with E-state index in [2.05, 4.69) is 10.6 Å². The summed E-state index contributed by atoms with van der Waals surface area (Å²) >= 11 is 0. The number of methoxy groups -OCH3 is 1. The van der Waals surface area contributed by atoms with Crippen molar-refractivity contribution in [1.82, 2.24) is 4.57 Å². The van der Waals surface area contributed by atoms with E-state index in [1.165, 1.54) is 0 Å². The zero-order chi connectivity index (χ0) is 14.8. The molecule has 104 valence electrons. The van der Waals surface area contributed by atoms with Gasteiger partial charge in [-0.25, -0.2) is 0 Å². The summed E-state index contributed by atoms with van der Waals surface area (Å²) in [7, 11) is 1.63. The van der Waals surface area contributed by atoms with E-state index >= 15 is 0 Å². The SMILES string of the molecule is COc1cc(N)cc(Cn2ccc3cc(C#N)ccc32)c1. The van der Waals surface area contributed by atoms with Crippen molar-refractivity contribution in [3.63, 3.8) is 0 Å². The van der Waals surface area contributed by atoms with Crippen LogP contribution >= 0.6 is 0 Å². The number of fused-ring (bicyclic) bond motifs is 1. The minimum Gasteiger partial charge on any atom is -0.497 e. The highest BCUT2D eigenvalue weighted by atomic mass is 16.5. The van der Waals surface area contributed by atoms with E-state index in [-0.39, 0.29) is 0 Å². The molecule has 1 heterocycles. The summed E-state index contributed by atoms with van der Waals surface area (Å²) in [6, 6.07) is 15.6. The van der Waals surface area contributed by atoms with Crippen LogP contribution in [0.15, 0.2) is 48.7 Å². The molecule has 0 atom stereocenters. The lowest BCUT2D eigenvalue weighted by molar-refractivity contribution is 0.414. The molecule has 0 bridgehead atoms. The van der Waals surface area contributed by atoms with Crippen LogP contribution in [0.2, 0.25) is 0 Å². The van der Waals surface area contributed by atoms with Gasteiger partial charge in [0.2, 0.25) is 0 Å². The fourth-order valence-electron chi connectivity index (χ4n) is 2.50. The summed E-state index contributed by atoms with van der Waals surface area (Å²) in [6.07, 6.45) is 2.02. The van der Waals surface area contributed by atoms with Crippen LogP contribution in [0.3, 0.4) is 0 Å². The third-order valence-corrected chi connectivity index (χ3v) is 3.48. The van der Waals surface area contributed by atoms with Crippen LogP contribution < -0.4 is 10.5 Å². The van der Waals surface area contributed by atoms with Gasteiger partial charge in [-0.1, -0.05) is 0 Å².